The van der Waals surface area contributed by atoms with E-state index in [1.54, 1.807) is 6.92 Å². The van der Waals surface area contributed by atoms with Gasteiger partial charge in [0.25, 0.3) is 0 Å². The Kier molecular flexibility index (Phi) is 4.66. The molecule has 0 rings (SSSR count). The lowest BCUT2D eigenvalue weighted by molar-refractivity contribution is 0.107. The van der Waals surface area contributed by atoms with Crippen LogP contribution >= 0.6 is 0 Å². The summed E-state index contributed by atoms with van der Waals surface area (Å²) in [5.41, 5.74) is 5.23. The summed E-state index contributed by atoms with van der Waals surface area (Å²) in [7, 11) is 0. The minimum absolute atomic E-state index is 0.119. The second kappa shape index (κ2) is 5.05. The molecule has 4 heteroatoms. The summed E-state index contributed by atoms with van der Waals surface area (Å²) in [5.74, 6) is 0.119. The molecular formula is C6H14N2O2. The van der Waals surface area contributed by atoms with Gasteiger partial charge in [-0.3, -0.25) is 0 Å². The van der Waals surface area contributed by atoms with Crippen LogP contribution in [0.4, 0.5) is 0 Å². The largest absolute Gasteiger partial charge is 0.409 e. The second-order valence-corrected chi connectivity index (χ2v) is 2.04. The zero-order chi connectivity index (χ0) is 7.98. The lowest BCUT2D eigenvalue weighted by atomic mass is 10.4. The number of hydrogen-bond donors (Lipinski definition) is 2. The predicted octanol–water partition coefficient (Wildman–Crippen LogP) is 0.548. The first kappa shape index (κ1) is 9.23. The quantitative estimate of drug-likeness (QED) is 0.263. The van der Waals surface area contributed by atoms with E-state index in [9.17, 15) is 0 Å². The van der Waals surface area contributed by atoms with E-state index < -0.39 is 0 Å². The molecule has 0 bridgehead atoms. The number of oxime groups is 1. The number of ether oxygens (including phenoxy) is 1. The van der Waals surface area contributed by atoms with Crippen molar-refractivity contribution in [1.82, 2.24) is 0 Å². The van der Waals surface area contributed by atoms with Gasteiger partial charge in [-0.25, -0.2) is 0 Å². The Hall–Kier alpha value is -0.770. The van der Waals surface area contributed by atoms with Crippen molar-refractivity contribution in [2.75, 3.05) is 6.61 Å². The first-order valence-corrected chi connectivity index (χ1v) is 3.31. The van der Waals surface area contributed by atoms with Crippen LogP contribution in [-0.4, -0.2) is 23.8 Å². The topological polar surface area (TPSA) is 67.8 Å². The Labute approximate surface area is 60.7 Å². The van der Waals surface area contributed by atoms with E-state index in [-0.39, 0.29) is 11.9 Å². The molecule has 0 saturated carbocycles. The van der Waals surface area contributed by atoms with Gasteiger partial charge >= 0.3 is 0 Å². The van der Waals surface area contributed by atoms with Crippen LogP contribution in [0.1, 0.15) is 20.3 Å². The molecule has 0 aliphatic rings. The summed E-state index contributed by atoms with van der Waals surface area (Å²) in [4.78, 5) is 0. The second-order valence-electron chi connectivity index (χ2n) is 2.04. The summed E-state index contributed by atoms with van der Waals surface area (Å²) < 4.78 is 5.13. The van der Waals surface area contributed by atoms with E-state index in [1.807, 2.05) is 6.92 Å². The zero-order valence-corrected chi connectivity index (χ0v) is 6.37. The van der Waals surface area contributed by atoms with Gasteiger partial charge in [-0.05, 0) is 13.3 Å². The van der Waals surface area contributed by atoms with Gasteiger partial charge in [0.15, 0.2) is 5.84 Å². The van der Waals surface area contributed by atoms with Crippen molar-refractivity contribution in [2.24, 2.45) is 10.9 Å². The molecule has 0 saturated heterocycles. The van der Waals surface area contributed by atoms with Gasteiger partial charge in [0.2, 0.25) is 0 Å². The van der Waals surface area contributed by atoms with Gasteiger partial charge in [-0.1, -0.05) is 12.1 Å². The van der Waals surface area contributed by atoms with E-state index in [2.05, 4.69) is 5.16 Å². The number of hydrogen-bond acceptors (Lipinski definition) is 3. The minimum Gasteiger partial charge on any atom is -0.409 e. The molecule has 60 valence electrons. The molecule has 0 fully saturated rings. The Bertz CT molecular complexity index is 114. The van der Waals surface area contributed by atoms with Crippen LogP contribution in [0.25, 0.3) is 0 Å². The fourth-order valence-electron chi connectivity index (χ4n) is 0.461. The van der Waals surface area contributed by atoms with Gasteiger partial charge in [0.05, 0.1) is 0 Å². The van der Waals surface area contributed by atoms with Crippen molar-refractivity contribution in [2.45, 2.75) is 26.4 Å². The van der Waals surface area contributed by atoms with Crippen molar-refractivity contribution in [3.63, 3.8) is 0 Å². The third-order valence-electron chi connectivity index (χ3n) is 1.10. The number of rotatable bonds is 4. The van der Waals surface area contributed by atoms with Crippen LogP contribution in [0, 0.1) is 0 Å². The molecule has 0 heterocycles. The number of nitrogens with two attached hydrogens (primary N) is 1. The van der Waals surface area contributed by atoms with Crippen molar-refractivity contribution in [3.05, 3.63) is 0 Å². The third kappa shape index (κ3) is 3.29. The molecule has 3 N–H and O–H groups in total. The van der Waals surface area contributed by atoms with Crippen LogP contribution < -0.4 is 5.73 Å². The average Bonchev–Trinajstić information content (AvgIpc) is 1.98. The molecule has 0 aromatic rings. The van der Waals surface area contributed by atoms with Gasteiger partial charge in [0.1, 0.15) is 6.10 Å². The lowest BCUT2D eigenvalue weighted by Gasteiger charge is -2.09. The highest BCUT2D eigenvalue weighted by atomic mass is 16.5. The maximum atomic E-state index is 8.19. The highest BCUT2D eigenvalue weighted by Gasteiger charge is 2.05. The molecule has 0 aromatic carbocycles. The average molecular weight is 146 g/mol. The maximum absolute atomic E-state index is 8.19. The standard InChI is InChI=1S/C6H14N2O2/c1-3-4-10-5(2)6(7)8-9/h5,9H,3-4H2,1-2H3,(H2,7,8). The molecule has 0 spiro atoms. The van der Waals surface area contributed by atoms with E-state index in [0.29, 0.717) is 6.61 Å². The fraction of sp³-hybridized carbons (Fsp3) is 0.833. The summed E-state index contributed by atoms with van der Waals surface area (Å²) in [6, 6.07) is 0. The Morgan fingerprint density at radius 1 is 1.80 bits per heavy atom. The summed E-state index contributed by atoms with van der Waals surface area (Å²) in [6.45, 7) is 4.38. The molecule has 0 aromatic heterocycles. The van der Waals surface area contributed by atoms with Gasteiger partial charge in [-0.2, -0.15) is 0 Å². The SMILES string of the molecule is CCCOC(C)C(N)=NO. The molecule has 1 atom stereocenters. The Balaban J connectivity index is 3.51. The zero-order valence-electron chi connectivity index (χ0n) is 6.37. The molecule has 0 amide bonds. The molecule has 1 unspecified atom stereocenters. The van der Waals surface area contributed by atoms with Crippen molar-refractivity contribution < 1.29 is 9.94 Å². The highest BCUT2D eigenvalue weighted by molar-refractivity contribution is 5.83. The summed E-state index contributed by atoms with van der Waals surface area (Å²) in [5, 5.41) is 11.0. The van der Waals surface area contributed by atoms with E-state index in [4.69, 9.17) is 15.7 Å². The molecule has 0 aliphatic heterocycles. The van der Waals surface area contributed by atoms with Crippen molar-refractivity contribution >= 4 is 5.84 Å². The van der Waals surface area contributed by atoms with Gasteiger partial charge in [-0.15, -0.1) is 0 Å². The molecule has 0 aliphatic carbocycles. The van der Waals surface area contributed by atoms with Crippen LogP contribution in [0.15, 0.2) is 5.16 Å². The summed E-state index contributed by atoms with van der Waals surface area (Å²) in [6.07, 6.45) is 0.646. The first-order valence-electron chi connectivity index (χ1n) is 3.31. The van der Waals surface area contributed by atoms with Crippen molar-refractivity contribution in [3.8, 4) is 0 Å². The van der Waals surface area contributed by atoms with Gasteiger partial charge in [0, 0.05) is 6.61 Å². The normalized spacial score (nSPS) is 15.2. The Morgan fingerprint density at radius 3 is 2.80 bits per heavy atom. The van der Waals surface area contributed by atoms with Crippen LogP contribution in [0.2, 0.25) is 0 Å². The smallest absolute Gasteiger partial charge is 0.168 e. The molecule has 0 radical (unpaired) electrons. The van der Waals surface area contributed by atoms with Crippen molar-refractivity contribution in [1.29, 1.82) is 0 Å². The molecular weight excluding hydrogens is 132 g/mol. The minimum atomic E-state index is -0.287. The maximum Gasteiger partial charge on any atom is 0.168 e. The molecule has 10 heavy (non-hydrogen) atoms. The number of amidine groups is 1. The van der Waals surface area contributed by atoms with Crippen LogP contribution in [0.5, 0.6) is 0 Å². The molecule has 4 nitrogen and oxygen atoms in total. The van der Waals surface area contributed by atoms with Crippen LogP contribution in [0.3, 0.4) is 0 Å². The van der Waals surface area contributed by atoms with E-state index in [1.165, 1.54) is 0 Å². The fourth-order valence-corrected chi connectivity index (χ4v) is 0.461. The Morgan fingerprint density at radius 2 is 2.40 bits per heavy atom. The third-order valence-corrected chi connectivity index (χ3v) is 1.10. The first-order chi connectivity index (χ1) is 4.72. The van der Waals surface area contributed by atoms with Crippen LogP contribution in [-0.2, 0) is 4.74 Å². The number of nitrogens with zero attached hydrogens (tertiary/aromatic N) is 1. The lowest BCUT2D eigenvalue weighted by Crippen LogP contribution is -2.28. The highest BCUT2D eigenvalue weighted by Crippen LogP contribution is 1.91. The monoisotopic (exact) mass is 146 g/mol. The van der Waals surface area contributed by atoms with E-state index in [0.717, 1.165) is 6.42 Å². The summed E-state index contributed by atoms with van der Waals surface area (Å²) >= 11 is 0. The predicted molar refractivity (Wildman–Crippen MR) is 39.1 cm³/mol. The van der Waals surface area contributed by atoms with Gasteiger partial charge < -0.3 is 15.7 Å². The van der Waals surface area contributed by atoms with E-state index >= 15 is 0 Å².